The van der Waals surface area contributed by atoms with Crippen molar-refractivity contribution in [2.24, 2.45) is 0 Å². The summed E-state index contributed by atoms with van der Waals surface area (Å²) in [4.78, 5) is 15.4. The Balaban J connectivity index is 1.48. The number of rotatable bonds is 7. The highest BCUT2D eigenvalue weighted by Crippen LogP contribution is 2.16. The van der Waals surface area contributed by atoms with Crippen LogP contribution >= 0.6 is 0 Å². The lowest BCUT2D eigenvalue weighted by molar-refractivity contribution is 0.0342. The van der Waals surface area contributed by atoms with Gasteiger partial charge in [0, 0.05) is 25.2 Å². The van der Waals surface area contributed by atoms with Gasteiger partial charge in [0.25, 0.3) is 5.91 Å². The van der Waals surface area contributed by atoms with Gasteiger partial charge in [0.2, 0.25) is 0 Å². The average molecular weight is 402 g/mol. The summed E-state index contributed by atoms with van der Waals surface area (Å²) in [6.07, 6.45) is 0. The molecule has 0 unspecified atom stereocenters. The van der Waals surface area contributed by atoms with Crippen LogP contribution in [0.15, 0.2) is 84.9 Å². The lowest BCUT2D eigenvalue weighted by Gasteiger charge is -2.27. The molecule has 0 bridgehead atoms. The van der Waals surface area contributed by atoms with Crippen LogP contribution in [0.1, 0.15) is 21.5 Å². The molecule has 1 aliphatic rings. The molecule has 5 nitrogen and oxygen atoms in total. The van der Waals surface area contributed by atoms with E-state index in [9.17, 15) is 4.79 Å². The smallest absolute Gasteiger partial charge is 0.269 e. The van der Waals surface area contributed by atoms with Crippen LogP contribution in [-0.2, 0) is 17.8 Å². The standard InChI is InChI=1S/C25H27N3O2/c29-25(23-11-7-10-22(18-23)19-27-14-16-30-17-15-27)26-28(24-12-5-2-6-13-24)20-21-8-3-1-4-9-21/h1-13,18H,14-17,19-20H2,(H,26,29). The van der Waals surface area contributed by atoms with Crippen molar-refractivity contribution in [3.05, 3.63) is 102 Å². The SMILES string of the molecule is O=C(NN(Cc1ccccc1)c1ccccc1)c1cccc(CN2CCOCC2)c1. The zero-order valence-corrected chi connectivity index (χ0v) is 17.0. The van der Waals surface area contributed by atoms with Crippen molar-refractivity contribution in [1.82, 2.24) is 10.3 Å². The minimum Gasteiger partial charge on any atom is -0.379 e. The van der Waals surface area contributed by atoms with Crippen LogP contribution in [0.4, 0.5) is 5.69 Å². The minimum atomic E-state index is -0.112. The third-order valence-corrected chi connectivity index (χ3v) is 5.19. The van der Waals surface area contributed by atoms with E-state index in [2.05, 4.69) is 28.5 Å². The van der Waals surface area contributed by atoms with Crippen molar-refractivity contribution in [3.8, 4) is 0 Å². The zero-order chi connectivity index (χ0) is 20.6. The van der Waals surface area contributed by atoms with Crippen LogP contribution in [0, 0.1) is 0 Å². The summed E-state index contributed by atoms with van der Waals surface area (Å²) >= 11 is 0. The molecule has 0 aliphatic carbocycles. The molecule has 0 radical (unpaired) electrons. The van der Waals surface area contributed by atoms with Gasteiger partial charge in [-0.3, -0.25) is 20.1 Å². The maximum absolute atomic E-state index is 13.1. The van der Waals surface area contributed by atoms with Crippen LogP contribution in [0.5, 0.6) is 0 Å². The number of hydrazine groups is 1. The molecule has 0 atom stereocenters. The summed E-state index contributed by atoms with van der Waals surface area (Å²) in [5.74, 6) is -0.112. The number of hydrogen-bond donors (Lipinski definition) is 1. The highest BCUT2D eigenvalue weighted by Gasteiger charge is 2.15. The number of benzene rings is 3. The molecule has 4 rings (SSSR count). The first-order chi connectivity index (χ1) is 14.8. The van der Waals surface area contributed by atoms with Gasteiger partial charge in [0.15, 0.2) is 0 Å². The molecule has 0 spiro atoms. The molecule has 1 aliphatic heterocycles. The van der Waals surface area contributed by atoms with E-state index < -0.39 is 0 Å². The van der Waals surface area contributed by atoms with E-state index in [4.69, 9.17) is 4.74 Å². The molecule has 1 N–H and O–H groups in total. The van der Waals surface area contributed by atoms with Gasteiger partial charge in [-0.2, -0.15) is 0 Å². The molecule has 30 heavy (non-hydrogen) atoms. The van der Waals surface area contributed by atoms with E-state index >= 15 is 0 Å². The maximum Gasteiger partial charge on any atom is 0.269 e. The molecule has 1 heterocycles. The minimum absolute atomic E-state index is 0.112. The third-order valence-electron chi connectivity index (χ3n) is 5.19. The summed E-state index contributed by atoms with van der Waals surface area (Å²) in [6, 6.07) is 27.9. The molecule has 0 aromatic heterocycles. The van der Waals surface area contributed by atoms with Crippen molar-refractivity contribution >= 4 is 11.6 Å². The fourth-order valence-electron chi connectivity index (χ4n) is 3.58. The van der Waals surface area contributed by atoms with Crippen molar-refractivity contribution < 1.29 is 9.53 Å². The molecule has 154 valence electrons. The zero-order valence-electron chi connectivity index (χ0n) is 17.0. The van der Waals surface area contributed by atoms with Gasteiger partial charge in [0.05, 0.1) is 25.4 Å². The second-order valence-corrected chi connectivity index (χ2v) is 7.44. The van der Waals surface area contributed by atoms with Gasteiger partial charge < -0.3 is 4.74 Å². The molecule has 3 aromatic carbocycles. The van der Waals surface area contributed by atoms with Crippen LogP contribution in [-0.4, -0.2) is 37.1 Å². The summed E-state index contributed by atoms with van der Waals surface area (Å²) < 4.78 is 5.42. The molecular formula is C25H27N3O2. The lowest BCUT2D eigenvalue weighted by atomic mass is 10.1. The average Bonchev–Trinajstić information content (AvgIpc) is 2.81. The van der Waals surface area contributed by atoms with Crippen molar-refractivity contribution in [1.29, 1.82) is 0 Å². The number of nitrogens with zero attached hydrogens (tertiary/aromatic N) is 2. The number of morpholine rings is 1. The normalized spacial score (nSPS) is 14.3. The summed E-state index contributed by atoms with van der Waals surface area (Å²) in [5, 5.41) is 1.90. The van der Waals surface area contributed by atoms with Crippen molar-refractivity contribution in [3.63, 3.8) is 0 Å². The second kappa shape index (κ2) is 10.1. The number of carbonyl (C=O) groups excluding carboxylic acids is 1. The van der Waals surface area contributed by atoms with E-state index in [-0.39, 0.29) is 5.91 Å². The van der Waals surface area contributed by atoms with E-state index in [1.54, 1.807) is 0 Å². The van der Waals surface area contributed by atoms with E-state index in [0.29, 0.717) is 12.1 Å². The Bertz CT molecular complexity index is 941. The predicted octanol–water partition coefficient (Wildman–Crippen LogP) is 3.87. The fourth-order valence-corrected chi connectivity index (χ4v) is 3.58. The topological polar surface area (TPSA) is 44.8 Å². The number of nitrogens with one attached hydrogen (secondary N) is 1. The Morgan fingerprint density at radius 2 is 1.53 bits per heavy atom. The van der Waals surface area contributed by atoms with Crippen molar-refractivity contribution in [2.45, 2.75) is 13.1 Å². The number of para-hydroxylation sites is 1. The number of ether oxygens (including phenoxy) is 1. The fraction of sp³-hybridized carbons (Fsp3) is 0.240. The van der Waals surface area contributed by atoms with Gasteiger partial charge in [-0.1, -0.05) is 60.7 Å². The summed E-state index contributed by atoms with van der Waals surface area (Å²) in [5.41, 5.74) is 6.96. The Hall–Kier alpha value is -3.15. The first-order valence-electron chi connectivity index (χ1n) is 10.3. The molecule has 1 amide bonds. The number of anilines is 1. The molecule has 0 saturated carbocycles. The summed E-state index contributed by atoms with van der Waals surface area (Å²) in [7, 11) is 0. The predicted molar refractivity (Wildman–Crippen MR) is 119 cm³/mol. The van der Waals surface area contributed by atoms with E-state index in [1.165, 1.54) is 0 Å². The lowest BCUT2D eigenvalue weighted by Crippen LogP contribution is -2.42. The second-order valence-electron chi connectivity index (χ2n) is 7.44. The van der Waals surface area contributed by atoms with Crippen molar-refractivity contribution in [2.75, 3.05) is 31.3 Å². The largest absolute Gasteiger partial charge is 0.379 e. The summed E-state index contributed by atoms with van der Waals surface area (Å²) in [6.45, 7) is 4.81. The van der Waals surface area contributed by atoms with Gasteiger partial charge in [-0.05, 0) is 35.4 Å². The highest BCUT2D eigenvalue weighted by atomic mass is 16.5. The molecule has 1 fully saturated rings. The molecule has 1 saturated heterocycles. The van der Waals surface area contributed by atoms with Gasteiger partial charge in [-0.25, -0.2) is 0 Å². The Morgan fingerprint density at radius 1 is 0.867 bits per heavy atom. The van der Waals surface area contributed by atoms with Gasteiger partial charge in [0.1, 0.15) is 0 Å². The first kappa shape index (κ1) is 20.1. The van der Waals surface area contributed by atoms with E-state index in [0.717, 1.165) is 49.7 Å². The number of carbonyl (C=O) groups is 1. The number of hydrogen-bond acceptors (Lipinski definition) is 4. The van der Waals surface area contributed by atoms with Crippen LogP contribution in [0.3, 0.4) is 0 Å². The Morgan fingerprint density at radius 3 is 2.27 bits per heavy atom. The van der Waals surface area contributed by atoms with Crippen LogP contribution < -0.4 is 10.4 Å². The molecule has 3 aromatic rings. The Labute approximate surface area is 177 Å². The maximum atomic E-state index is 13.1. The van der Waals surface area contributed by atoms with Gasteiger partial charge in [-0.15, -0.1) is 0 Å². The van der Waals surface area contributed by atoms with Gasteiger partial charge >= 0.3 is 0 Å². The monoisotopic (exact) mass is 401 g/mol. The Kier molecular flexibility index (Phi) is 6.75. The highest BCUT2D eigenvalue weighted by molar-refractivity contribution is 5.95. The van der Waals surface area contributed by atoms with E-state index in [1.807, 2.05) is 71.7 Å². The van der Waals surface area contributed by atoms with Crippen LogP contribution in [0.2, 0.25) is 0 Å². The molecular weight excluding hydrogens is 374 g/mol. The number of amides is 1. The van der Waals surface area contributed by atoms with Crippen LogP contribution in [0.25, 0.3) is 0 Å². The quantitative estimate of drug-likeness (QED) is 0.611. The molecule has 5 heteroatoms. The third kappa shape index (κ3) is 5.47. The first-order valence-corrected chi connectivity index (χ1v) is 10.3.